The van der Waals surface area contributed by atoms with Crippen LogP contribution < -0.4 is 0 Å². The van der Waals surface area contributed by atoms with Crippen molar-refractivity contribution in [2.45, 2.75) is 60.3 Å². The molecule has 0 N–H and O–H groups in total. The van der Waals surface area contributed by atoms with Crippen LogP contribution in [0.25, 0.3) is 0 Å². The van der Waals surface area contributed by atoms with E-state index in [1.165, 1.54) is 0 Å². The van der Waals surface area contributed by atoms with Gasteiger partial charge in [-0.2, -0.15) is 0 Å². The van der Waals surface area contributed by atoms with Gasteiger partial charge in [-0.05, 0) is 25.7 Å². The highest BCUT2D eigenvalue weighted by Crippen LogP contribution is 2.18. The van der Waals surface area contributed by atoms with Crippen LogP contribution in [0.5, 0.6) is 0 Å². The molecule has 0 aliphatic rings. The van der Waals surface area contributed by atoms with Gasteiger partial charge in [-0.15, -0.1) is 0 Å². The number of ether oxygens (including phenoxy) is 2. The van der Waals surface area contributed by atoms with E-state index in [0.717, 1.165) is 25.7 Å². The Bertz CT molecular complexity index is 342. The Morgan fingerprint density at radius 3 is 1.75 bits per heavy atom. The van der Waals surface area contributed by atoms with Crippen LogP contribution in [-0.4, -0.2) is 25.2 Å². The van der Waals surface area contributed by atoms with E-state index in [-0.39, 0.29) is 5.92 Å². The van der Waals surface area contributed by atoms with Gasteiger partial charge in [0.25, 0.3) is 0 Å². The van der Waals surface area contributed by atoms with E-state index in [2.05, 4.69) is 0 Å². The third-order valence-corrected chi connectivity index (χ3v) is 2.97. The Labute approximate surface area is 122 Å². The second-order valence-electron chi connectivity index (χ2n) is 5.17. The summed E-state index contributed by atoms with van der Waals surface area (Å²) in [6.07, 6.45) is 3.59. The number of carbonyl (C=O) groups is 2. The number of esters is 2. The summed E-state index contributed by atoms with van der Waals surface area (Å²) in [6.45, 7) is 10.2. The Kier molecular flexibility index (Phi) is 9.77. The lowest BCUT2D eigenvalue weighted by Crippen LogP contribution is -2.19. The van der Waals surface area contributed by atoms with Gasteiger partial charge in [0.2, 0.25) is 0 Å². The van der Waals surface area contributed by atoms with Crippen LogP contribution in [0.3, 0.4) is 0 Å². The van der Waals surface area contributed by atoms with Crippen molar-refractivity contribution in [2.24, 2.45) is 5.92 Å². The van der Waals surface area contributed by atoms with Crippen LogP contribution in [0.1, 0.15) is 60.3 Å². The van der Waals surface area contributed by atoms with E-state index < -0.39 is 11.9 Å². The summed E-state index contributed by atoms with van der Waals surface area (Å²) in [5.74, 6) is -0.893. The third kappa shape index (κ3) is 6.73. The minimum absolute atomic E-state index is 0.0668. The second-order valence-corrected chi connectivity index (χ2v) is 5.17. The van der Waals surface area contributed by atoms with Crippen LogP contribution in [0.2, 0.25) is 0 Å². The van der Waals surface area contributed by atoms with Crippen molar-refractivity contribution in [2.75, 3.05) is 13.2 Å². The average Bonchev–Trinajstić information content (AvgIpc) is 2.38. The molecule has 0 heterocycles. The molecule has 0 amide bonds. The Morgan fingerprint density at radius 1 is 0.900 bits per heavy atom. The van der Waals surface area contributed by atoms with E-state index in [0.29, 0.717) is 24.4 Å². The molecule has 0 bridgehead atoms. The van der Waals surface area contributed by atoms with Gasteiger partial charge in [0.1, 0.15) is 0 Å². The molecule has 0 fully saturated rings. The summed E-state index contributed by atoms with van der Waals surface area (Å²) in [6, 6.07) is 0. The third-order valence-electron chi connectivity index (χ3n) is 2.97. The van der Waals surface area contributed by atoms with Crippen LogP contribution in [0, 0.1) is 5.92 Å². The van der Waals surface area contributed by atoms with Crippen LogP contribution in [0.4, 0.5) is 0 Å². The van der Waals surface area contributed by atoms with Gasteiger partial charge in [0, 0.05) is 11.1 Å². The molecule has 0 atom stereocenters. The molecule has 20 heavy (non-hydrogen) atoms. The number of carbonyl (C=O) groups excluding carboxylic acids is 2. The highest BCUT2D eigenvalue weighted by molar-refractivity contribution is 6.00. The SMILES string of the molecule is CCCCOC(=O)C(C)=C(C(=O)OCCCC)C(C)C. The van der Waals surface area contributed by atoms with Crippen molar-refractivity contribution in [3.05, 3.63) is 11.1 Å². The standard InChI is InChI=1S/C16H28O4/c1-6-8-10-19-15(17)13(5)14(12(3)4)16(18)20-11-9-7-2/h12H,6-11H2,1-5H3. The lowest BCUT2D eigenvalue weighted by molar-refractivity contribution is -0.142. The Balaban J connectivity index is 4.79. The van der Waals surface area contributed by atoms with Gasteiger partial charge < -0.3 is 9.47 Å². The van der Waals surface area contributed by atoms with Gasteiger partial charge in [-0.25, -0.2) is 9.59 Å². The maximum atomic E-state index is 12.0. The smallest absolute Gasteiger partial charge is 0.334 e. The van der Waals surface area contributed by atoms with Gasteiger partial charge in [-0.1, -0.05) is 40.5 Å². The van der Waals surface area contributed by atoms with Gasteiger partial charge in [-0.3, -0.25) is 0 Å². The maximum absolute atomic E-state index is 12.0. The molecule has 0 aliphatic carbocycles. The molecular weight excluding hydrogens is 256 g/mol. The molecule has 0 radical (unpaired) electrons. The molecule has 4 nitrogen and oxygen atoms in total. The zero-order valence-corrected chi connectivity index (χ0v) is 13.5. The first-order valence-corrected chi connectivity index (χ1v) is 7.50. The number of hydrogen-bond donors (Lipinski definition) is 0. The van der Waals surface area contributed by atoms with E-state index >= 15 is 0 Å². The monoisotopic (exact) mass is 284 g/mol. The molecule has 0 aromatic heterocycles. The highest BCUT2D eigenvalue weighted by atomic mass is 16.5. The summed E-state index contributed by atoms with van der Waals surface area (Å²) in [5.41, 5.74) is 0.778. The highest BCUT2D eigenvalue weighted by Gasteiger charge is 2.22. The first kappa shape index (κ1) is 18.7. The number of unbranched alkanes of at least 4 members (excludes halogenated alkanes) is 2. The average molecular weight is 284 g/mol. The van der Waals surface area contributed by atoms with Crippen molar-refractivity contribution in [3.63, 3.8) is 0 Å². The van der Waals surface area contributed by atoms with Crippen molar-refractivity contribution >= 4 is 11.9 Å². The molecule has 0 aliphatic heterocycles. The van der Waals surface area contributed by atoms with E-state index in [9.17, 15) is 9.59 Å². The van der Waals surface area contributed by atoms with Crippen molar-refractivity contribution in [3.8, 4) is 0 Å². The zero-order chi connectivity index (χ0) is 15.5. The first-order valence-electron chi connectivity index (χ1n) is 7.50. The van der Waals surface area contributed by atoms with E-state index in [4.69, 9.17) is 9.47 Å². The van der Waals surface area contributed by atoms with Crippen molar-refractivity contribution in [1.29, 1.82) is 0 Å². The molecule has 0 unspecified atom stereocenters. The lowest BCUT2D eigenvalue weighted by Gasteiger charge is -2.14. The molecule has 0 saturated heterocycles. The first-order chi connectivity index (χ1) is 9.45. The van der Waals surface area contributed by atoms with Crippen LogP contribution >= 0.6 is 0 Å². The fourth-order valence-corrected chi connectivity index (χ4v) is 1.74. The molecule has 0 saturated carbocycles. The molecule has 0 aromatic rings. The maximum Gasteiger partial charge on any atom is 0.334 e. The summed E-state index contributed by atoms with van der Waals surface area (Å²) in [7, 11) is 0. The predicted molar refractivity (Wildman–Crippen MR) is 79.3 cm³/mol. The fourth-order valence-electron chi connectivity index (χ4n) is 1.74. The molecule has 0 spiro atoms. The molecule has 0 rings (SSSR count). The largest absolute Gasteiger partial charge is 0.462 e. The predicted octanol–water partition coefficient (Wildman–Crippen LogP) is 3.65. The Morgan fingerprint density at radius 2 is 1.35 bits per heavy atom. The molecule has 4 heteroatoms. The topological polar surface area (TPSA) is 52.6 Å². The van der Waals surface area contributed by atoms with Crippen LogP contribution in [-0.2, 0) is 19.1 Å². The molecule has 116 valence electrons. The minimum Gasteiger partial charge on any atom is -0.462 e. The van der Waals surface area contributed by atoms with Gasteiger partial charge in [0.15, 0.2) is 0 Å². The van der Waals surface area contributed by atoms with Gasteiger partial charge >= 0.3 is 11.9 Å². The minimum atomic E-state index is -0.422. The molecule has 0 aromatic carbocycles. The second kappa shape index (κ2) is 10.5. The normalized spacial score (nSPS) is 12.1. The van der Waals surface area contributed by atoms with Gasteiger partial charge in [0.05, 0.1) is 13.2 Å². The lowest BCUT2D eigenvalue weighted by atomic mass is 9.98. The summed E-state index contributed by atoms with van der Waals surface area (Å²) < 4.78 is 10.3. The summed E-state index contributed by atoms with van der Waals surface area (Å²) >= 11 is 0. The summed E-state index contributed by atoms with van der Waals surface area (Å²) in [5, 5.41) is 0. The van der Waals surface area contributed by atoms with Crippen molar-refractivity contribution in [1.82, 2.24) is 0 Å². The quantitative estimate of drug-likeness (QED) is 0.368. The van der Waals surface area contributed by atoms with E-state index in [1.54, 1.807) is 6.92 Å². The number of rotatable bonds is 9. The number of hydrogen-bond acceptors (Lipinski definition) is 4. The van der Waals surface area contributed by atoms with E-state index in [1.807, 2.05) is 27.7 Å². The van der Waals surface area contributed by atoms with Crippen molar-refractivity contribution < 1.29 is 19.1 Å². The summed E-state index contributed by atoms with van der Waals surface area (Å²) in [4.78, 5) is 24.0. The fraction of sp³-hybridized carbons (Fsp3) is 0.750. The Hall–Kier alpha value is -1.32. The van der Waals surface area contributed by atoms with Crippen LogP contribution in [0.15, 0.2) is 11.1 Å². The zero-order valence-electron chi connectivity index (χ0n) is 13.5. The molecular formula is C16H28O4.